The molecule has 0 spiro atoms. The van der Waals surface area contributed by atoms with Crippen molar-refractivity contribution in [2.45, 2.75) is 13.8 Å². The van der Waals surface area contributed by atoms with Crippen molar-refractivity contribution in [3.8, 4) is 11.3 Å². The maximum atomic E-state index is 12.3. The summed E-state index contributed by atoms with van der Waals surface area (Å²) in [5.41, 5.74) is 3.48. The van der Waals surface area contributed by atoms with E-state index in [1.54, 1.807) is 11.3 Å². The number of anilines is 1. The molecule has 1 heterocycles. The van der Waals surface area contributed by atoms with Crippen LogP contribution in [-0.4, -0.2) is 10.9 Å². The van der Waals surface area contributed by atoms with Crippen LogP contribution < -0.4 is 5.32 Å². The number of rotatable bonds is 3. The average molecular weight is 434 g/mol. The van der Waals surface area contributed by atoms with Crippen molar-refractivity contribution in [2.24, 2.45) is 0 Å². The number of thiazole rings is 1. The van der Waals surface area contributed by atoms with Gasteiger partial charge in [0.25, 0.3) is 5.91 Å². The van der Waals surface area contributed by atoms with E-state index < -0.39 is 0 Å². The highest BCUT2D eigenvalue weighted by atomic mass is 127. The van der Waals surface area contributed by atoms with Crippen LogP contribution >= 0.6 is 33.9 Å². The second-order valence-corrected chi connectivity index (χ2v) is 7.83. The summed E-state index contributed by atoms with van der Waals surface area (Å²) in [5, 5.41) is 3.97. The third-order valence-electron chi connectivity index (χ3n) is 3.41. The Morgan fingerprint density at radius 3 is 2.48 bits per heavy atom. The van der Waals surface area contributed by atoms with E-state index >= 15 is 0 Å². The number of carbonyl (C=O) groups excluding carboxylic acids is 1. The van der Waals surface area contributed by atoms with E-state index in [4.69, 9.17) is 0 Å². The number of nitrogens with zero attached hydrogens (tertiary/aromatic N) is 1. The third kappa shape index (κ3) is 3.79. The van der Waals surface area contributed by atoms with Gasteiger partial charge in [0.05, 0.1) is 10.7 Å². The fourth-order valence-electron chi connectivity index (χ4n) is 2.35. The monoisotopic (exact) mass is 434 g/mol. The fourth-order valence-corrected chi connectivity index (χ4v) is 3.73. The molecule has 1 amide bonds. The highest BCUT2D eigenvalue weighted by Crippen LogP contribution is 2.27. The molecule has 3 nitrogen and oxygen atoms in total. The number of nitrogens with one attached hydrogen (secondary N) is 1. The van der Waals surface area contributed by atoms with Crippen LogP contribution in [0.1, 0.15) is 20.2 Å². The van der Waals surface area contributed by atoms with E-state index in [1.165, 1.54) is 4.88 Å². The normalized spacial score (nSPS) is 10.6. The summed E-state index contributed by atoms with van der Waals surface area (Å²) in [6, 6.07) is 15.3. The van der Waals surface area contributed by atoms with Gasteiger partial charge in [0.15, 0.2) is 0 Å². The van der Waals surface area contributed by atoms with Crippen molar-refractivity contribution in [1.82, 2.24) is 4.98 Å². The molecule has 5 heteroatoms. The van der Waals surface area contributed by atoms with Crippen molar-refractivity contribution < 1.29 is 4.79 Å². The molecular weight excluding hydrogens is 419 g/mol. The largest absolute Gasteiger partial charge is 0.322 e. The fraction of sp³-hybridized carbons (Fsp3) is 0.111. The van der Waals surface area contributed by atoms with Gasteiger partial charge < -0.3 is 5.32 Å². The zero-order chi connectivity index (χ0) is 16.4. The smallest absolute Gasteiger partial charge is 0.255 e. The van der Waals surface area contributed by atoms with Crippen molar-refractivity contribution in [1.29, 1.82) is 0 Å². The molecule has 0 atom stereocenters. The number of carbonyl (C=O) groups is 1. The summed E-state index contributed by atoms with van der Waals surface area (Å²) in [5.74, 6) is -0.107. The molecule has 0 aliphatic heterocycles. The molecule has 3 aromatic rings. The molecule has 0 aliphatic carbocycles. The lowest BCUT2D eigenvalue weighted by Crippen LogP contribution is -2.11. The van der Waals surface area contributed by atoms with E-state index in [9.17, 15) is 4.79 Å². The van der Waals surface area contributed by atoms with Gasteiger partial charge in [0.2, 0.25) is 0 Å². The van der Waals surface area contributed by atoms with Gasteiger partial charge in [-0.15, -0.1) is 11.3 Å². The van der Waals surface area contributed by atoms with Crippen molar-refractivity contribution >= 4 is 45.5 Å². The number of halogens is 1. The van der Waals surface area contributed by atoms with Gasteiger partial charge in [0, 0.05) is 25.3 Å². The molecule has 1 aromatic heterocycles. The first-order chi connectivity index (χ1) is 11.0. The molecule has 0 saturated heterocycles. The van der Waals surface area contributed by atoms with Gasteiger partial charge in [-0.2, -0.15) is 0 Å². The standard InChI is InChI=1S/C18H15IN2OS/c1-11-17(20-12(2)23-11)13-6-8-14(9-7-13)18(22)21-16-5-3-4-15(19)10-16/h3-10H,1-2H3,(H,21,22). The zero-order valence-electron chi connectivity index (χ0n) is 12.8. The number of benzene rings is 2. The lowest BCUT2D eigenvalue weighted by molar-refractivity contribution is 0.102. The topological polar surface area (TPSA) is 42.0 Å². The van der Waals surface area contributed by atoms with Crippen molar-refractivity contribution in [3.63, 3.8) is 0 Å². The van der Waals surface area contributed by atoms with Crippen LogP contribution in [0.15, 0.2) is 48.5 Å². The minimum Gasteiger partial charge on any atom is -0.322 e. The second kappa shape index (κ2) is 6.80. The predicted molar refractivity (Wildman–Crippen MR) is 104 cm³/mol. The maximum absolute atomic E-state index is 12.3. The maximum Gasteiger partial charge on any atom is 0.255 e. The van der Waals surface area contributed by atoms with E-state index in [2.05, 4.69) is 39.8 Å². The van der Waals surface area contributed by atoms with E-state index in [0.29, 0.717) is 5.56 Å². The zero-order valence-corrected chi connectivity index (χ0v) is 15.7. The Labute approximate surface area is 152 Å². The Kier molecular flexibility index (Phi) is 4.77. The summed E-state index contributed by atoms with van der Waals surface area (Å²) in [6.45, 7) is 4.07. The Balaban J connectivity index is 1.79. The second-order valence-electron chi connectivity index (χ2n) is 5.18. The van der Waals surface area contributed by atoms with Gasteiger partial charge >= 0.3 is 0 Å². The highest BCUT2D eigenvalue weighted by Gasteiger charge is 2.10. The van der Waals surface area contributed by atoms with Gasteiger partial charge in [-0.25, -0.2) is 4.98 Å². The first-order valence-corrected chi connectivity index (χ1v) is 9.04. The molecule has 2 aromatic carbocycles. The van der Waals surface area contributed by atoms with Crippen LogP contribution in [0.3, 0.4) is 0 Å². The SMILES string of the molecule is Cc1nc(-c2ccc(C(=O)Nc3cccc(I)c3)cc2)c(C)s1. The summed E-state index contributed by atoms with van der Waals surface area (Å²) in [7, 11) is 0. The van der Waals surface area contributed by atoms with Crippen molar-refractivity contribution in [3.05, 3.63) is 67.5 Å². The molecule has 23 heavy (non-hydrogen) atoms. The molecular formula is C18H15IN2OS. The minimum absolute atomic E-state index is 0.107. The van der Waals surface area contributed by atoms with Gasteiger partial charge in [-0.1, -0.05) is 18.2 Å². The first-order valence-electron chi connectivity index (χ1n) is 7.14. The van der Waals surface area contributed by atoms with Crippen LogP contribution in [0.4, 0.5) is 5.69 Å². The third-order valence-corrected chi connectivity index (χ3v) is 4.96. The van der Waals surface area contributed by atoms with Crippen LogP contribution in [0.2, 0.25) is 0 Å². The number of amides is 1. The highest BCUT2D eigenvalue weighted by molar-refractivity contribution is 14.1. The van der Waals surface area contributed by atoms with Crippen LogP contribution in [0.5, 0.6) is 0 Å². The molecule has 0 unspecified atom stereocenters. The lowest BCUT2D eigenvalue weighted by atomic mass is 10.1. The van der Waals surface area contributed by atoms with E-state index in [0.717, 1.165) is 25.5 Å². The summed E-state index contributed by atoms with van der Waals surface area (Å²) < 4.78 is 1.09. The first kappa shape index (κ1) is 16.1. The Hall–Kier alpha value is -1.73. The Bertz CT molecular complexity index is 856. The summed E-state index contributed by atoms with van der Waals surface area (Å²) >= 11 is 3.91. The van der Waals surface area contributed by atoms with Gasteiger partial charge in [0.1, 0.15) is 0 Å². The predicted octanol–water partition coefficient (Wildman–Crippen LogP) is 5.28. The summed E-state index contributed by atoms with van der Waals surface area (Å²) in [6.07, 6.45) is 0. The molecule has 0 aliphatic rings. The van der Waals surface area contributed by atoms with Gasteiger partial charge in [-0.05, 0) is 66.8 Å². The quantitative estimate of drug-likeness (QED) is 0.570. The van der Waals surface area contributed by atoms with E-state index in [-0.39, 0.29) is 5.91 Å². The molecule has 0 fully saturated rings. The lowest BCUT2D eigenvalue weighted by Gasteiger charge is -2.06. The van der Waals surface area contributed by atoms with Crippen molar-refractivity contribution in [2.75, 3.05) is 5.32 Å². The number of aromatic nitrogens is 1. The summed E-state index contributed by atoms with van der Waals surface area (Å²) in [4.78, 5) is 18.1. The molecule has 0 bridgehead atoms. The van der Waals surface area contributed by atoms with Gasteiger partial charge in [-0.3, -0.25) is 4.79 Å². The molecule has 0 radical (unpaired) electrons. The minimum atomic E-state index is -0.107. The van der Waals surface area contributed by atoms with Crippen LogP contribution in [-0.2, 0) is 0 Å². The molecule has 0 saturated carbocycles. The average Bonchev–Trinajstić information content (AvgIpc) is 2.86. The molecule has 116 valence electrons. The van der Waals surface area contributed by atoms with Crippen LogP contribution in [0, 0.1) is 17.4 Å². The number of hydrogen-bond donors (Lipinski definition) is 1. The van der Waals surface area contributed by atoms with Crippen LogP contribution in [0.25, 0.3) is 11.3 Å². The molecule has 3 rings (SSSR count). The Morgan fingerprint density at radius 1 is 1.13 bits per heavy atom. The Morgan fingerprint density at radius 2 is 1.87 bits per heavy atom. The number of aryl methyl sites for hydroxylation is 2. The number of hydrogen-bond acceptors (Lipinski definition) is 3. The van der Waals surface area contributed by atoms with E-state index in [1.807, 2.05) is 55.5 Å². The molecule has 1 N–H and O–H groups in total.